The standard InChI is InChI=1S/C14H18O2/c15-13-6-3-7-16-14-9-11-5-2-1-4-10(11)8-12(13)14/h8-9,13,15H,1-7H2/t13-/m1/s1. The minimum Gasteiger partial charge on any atom is -0.493 e. The largest absolute Gasteiger partial charge is 0.493 e. The van der Waals surface area contributed by atoms with Crippen LogP contribution in [0, 0.1) is 0 Å². The summed E-state index contributed by atoms with van der Waals surface area (Å²) < 4.78 is 5.72. The van der Waals surface area contributed by atoms with E-state index < -0.39 is 0 Å². The molecular formula is C14H18O2. The van der Waals surface area contributed by atoms with Crippen LogP contribution in [-0.2, 0) is 12.8 Å². The second-order valence-electron chi connectivity index (χ2n) is 4.87. The maximum absolute atomic E-state index is 10.1. The summed E-state index contributed by atoms with van der Waals surface area (Å²) in [6.07, 6.45) is 6.34. The lowest BCUT2D eigenvalue weighted by Crippen LogP contribution is -2.06. The Morgan fingerprint density at radius 2 is 1.81 bits per heavy atom. The molecule has 2 aliphatic rings. The van der Waals surface area contributed by atoms with E-state index in [2.05, 4.69) is 12.1 Å². The molecule has 16 heavy (non-hydrogen) atoms. The number of ether oxygens (including phenoxy) is 1. The van der Waals surface area contributed by atoms with Crippen molar-refractivity contribution in [3.05, 3.63) is 28.8 Å². The summed E-state index contributed by atoms with van der Waals surface area (Å²) in [6.45, 7) is 0.739. The van der Waals surface area contributed by atoms with Gasteiger partial charge in [-0.1, -0.05) is 0 Å². The molecule has 86 valence electrons. The van der Waals surface area contributed by atoms with E-state index in [9.17, 15) is 5.11 Å². The lowest BCUT2D eigenvalue weighted by atomic mass is 9.88. The predicted molar refractivity (Wildman–Crippen MR) is 62.8 cm³/mol. The topological polar surface area (TPSA) is 29.5 Å². The average molecular weight is 218 g/mol. The van der Waals surface area contributed by atoms with E-state index in [4.69, 9.17) is 4.74 Å². The molecule has 0 bridgehead atoms. The van der Waals surface area contributed by atoms with Crippen LogP contribution in [0.1, 0.15) is 48.5 Å². The Kier molecular flexibility index (Phi) is 2.60. The van der Waals surface area contributed by atoms with Crippen molar-refractivity contribution in [2.24, 2.45) is 0 Å². The van der Waals surface area contributed by atoms with Gasteiger partial charge in [0, 0.05) is 5.56 Å². The van der Waals surface area contributed by atoms with Crippen molar-refractivity contribution in [3.63, 3.8) is 0 Å². The molecule has 1 atom stereocenters. The Hall–Kier alpha value is -1.02. The minimum absolute atomic E-state index is 0.329. The van der Waals surface area contributed by atoms with E-state index in [-0.39, 0.29) is 6.10 Å². The van der Waals surface area contributed by atoms with Crippen LogP contribution in [0.4, 0.5) is 0 Å². The first-order valence-corrected chi connectivity index (χ1v) is 6.31. The van der Waals surface area contributed by atoms with Gasteiger partial charge in [0.25, 0.3) is 0 Å². The van der Waals surface area contributed by atoms with E-state index in [0.29, 0.717) is 0 Å². The van der Waals surface area contributed by atoms with Gasteiger partial charge < -0.3 is 9.84 Å². The Morgan fingerprint density at radius 3 is 2.62 bits per heavy atom. The van der Waals surface area contributed by atoms with E-state index in [1.165, 1.54) is 30.4 Å². The summed E-state index contributed by atoms with van der Waals surface area (Å²) >= 11 is 0. The molecule has 0 radical (unpaired) electrons. The Morgan fingerprint density at radius 1 is 1.06 bits per heavy atom. The highest BCUT2D eigenvalue weighted by Gasteiger charge is 2.21. The molecule has 1 N–H and O–H groups in total. The monoisotopic (exact) mass is 218 g/mol. The first kappa shape index (κ1) is 10.2. The van der Waals surface area contributed by atoms with Gasteiger partial charge >= 0.3 is 0 Å². The fourth-order valence-corrected chi connectivity index (χ4v) is 2.78. The van der Waals surface area contributed by atoms with Gasteiger partial charge in [0.1, 0.15) is 5.75 Å². The van der Waals surface area contributed by atoms with Gasteiger partial charge in [-0.2, -0.15) is 0 Å². The van der Waals surface area contributed by atoms with E-state index in [1.54, 1.807) is 0 Å². The number of hydrogen-bond donors (Lipinski definition) is 1. The van der Waals surface area contributed by atoms with Crippen LogP contribution >= 0.6 is 0 Å². The Bertz CT molecular complexity index is 398. The normalized spacial score (nSPS) is 23.9. The molecule has 0 saturated carbocycles. The number of aliphatic hydroxyl groups is 1. The van der Waals surface area contributed by atoms with Gasteiger partial charge in [-0.05, 0) is 61.8 Å². The molecule has 1 heterocycles. The van der Waals surface area contributed by atoms with Crippen LogP contribution < -0.4 is 4.74 Å². The highest BCUT2D eigenvalue weighted by molar-refractivity contribution is 5.45. The first-order valence-electron chi connectivity index (χ1n) is 6.31. The fourth-order valence-electron chi connectivity index (χ4n) is 2.78. The third kappa shape index (κ3) is 1.71. The minimum atomic E-state index is -0.329. The molecule has 0 spiro atoms. The van der Waals surface area contributed by atoms with Crippen molar-refractivity contribution in [1.29, 1.82) is 0 Å². The molecule has 0 aromatic heterocycles. The number of rotatable bonds is 0. The van der Waals surface area contributed by atoms with Crippen molar-refractivity contribution in [2.75, 3.05) is 6.61 Å². The number of benzene rings is 1. The third-order valence-electron chi connectivity index (χ3n) is 3.71. The van der Waals surface area contributed by atoms with Gasteiger partial charge in [-0.25, -0.2) is 0 Å². The smallest absolute Gasteiger partial charge is 0.125 e. The van der Waals surface area contributed by atoms with Crippen molar-refractivity contribution in [2.45, 2.75) is 44.6 Å². The Balaban J connectivity index is 2.06. The summed E-state index contributed by atoms with van der Waals surface area (Å²) in [6, 6.07) is 4.35. The van der Waals surface area contributed by atoms with E-state index in [1.807, 2.05) is 0 Å². The van der Waals surface area contributed by atoms with Crippen LogP contribution in [0.3, 0.4) is 0 Å². The van der Waals surface area contributed by atoms with Crippen LogP contribution in [-0.4, -0.2) is 11.7 Å². The van der Waals surface area contributed by atoms with Crippen molar-refractivity contribution in [3.8, 4) is 5.75 Å². The first-order chi connectivity index (χ1) is 7.84. The SMILES string of the molecule is O[C@@H]1CCCOc2cc3c(cc21)CCCC3. The van der Waals surface area contributed by atoms with Crippen molar-refractivity contribution >= 4 is 0 Å². The van der Waals surface area contributed by atoms with Crippen molar-refractivity contribution in [1.82, 2.24) is 0 Å². The predicted octanol–water partition coefficient (Wildman–Crippen LogP) is 2.77. The molecule has 1 aromatic carbocycles. The molecule has 0 fully saturated rings. The zero-order valence-electron chi connectivity index (χ0n) is 9.54. The number of hydrogen-bond acceptors (Lipinski definition) is 2. The lowest BCUT2D eigenvalue weighted by Gasteiger charge is -2.20. The zero-order chi connectivity index (χ0) is 11.0. The van der Waals surface area contributed by atoms with E-state index >= 15 is 0 Å². The maximum atomic E-state index is 10.1. The maximum Gasteiger partial charge on any atom is 0.125 e. The number of fused-ring (bicyclic) bond motifs is 2. The molecule has 1 aliphatic carbocycles. The highest BCUT2D eigenvalue weighted by Crippen LogP contribution is 2.36. The van der Waals surface area contributed by atoms with Crippen LogP contribution in [0.15, 0.2) is 12.1 Å². The van der Waals surface area contributed by atoms with Gasteiger partial charge in [0.2, 0.25) is 0 Å². The van der Waals surface area contributed by atoms with Gasteiger partial charge in [0.15, 0.2) is 0 Å². The number of aryl methyl sites for hydroxylation is 2. The molecule has 0 saturated heterocycles. The molecule has 2 nitrogen and oxygen atoms in total. The van der Waals surface area contributed by atoms with Crippen LogP contribution in [0.25, 0.3) is 0 Å². The quantitative estimate of drug-likeness (QED) is 0.725. The van der Waals surface area contributed by atoms with Gasteiger partial charge in [-0.3, -0.25) is 0 Å². The molecule has 0 amide bonds. The van der Waals surface area contributed by atoms with Crippen molar-refractivity contribution < 1.29 is 9.84 Å². The highest BCUT2D eigenvalue weighted by atomic mass is 16.5. The fraction of sp³-hybridized carbons (Fsp3) is 0.571. The summed E-state index contributed by atoms with van der Waals surface area (Å²) in [5, 5.41) is 10.1. The van der Waals surface area contributed by atoms with Gasteiger partial charge in [0.05, 0.1) is 12.7 Å². The molecular weight excluding hydrogens is 200 g/mol. The summed E-state index contributed by atoms with van der Waals surface area (Å²) in [5.41, 5.74) is 3.87. The average Bonchev–Trinajstić information content (AvgIpc) is 2.49. The lowest BCUT2D eigenvalue weighted by molar-refractivity contribution is 0.167. The van der Waals surface area contributed by atoms with Crippen LogP contribution in [0.5, 0.6) is 5.75 Å². The molecule has 1 aromatic rings. The summed E-state index contributed by atoms with van der Waals surface area (Å²) in [4.78, 5) is 0. The molecule has 3 rings (SSSR count). The molecule has 2 heteroatoms. The second kappa shape index (κ2) is 4.10. The molecule has 0 unspecified atom stereocenters. The van der Waals surface area contributed by atoms with Gasteiger partial charge in [-0.15, -0.1) is 0 Å². The summed E-state index contributed by atoms with van der Waals surface area (Å²) in [7, 11) is 0. The number of aliphatic hydroxyl groups excluding tert-OH is 1. The third-order valence-corrected chi connectivity index (χ3v) is 3.71. The summed E-state index contributed by atoms with van der Waals surface area (Å²) in [5.74, 6) is 0.922. The molecule has 1 aliphatic heterocycles. The zero-order valence-corrected chi connectivity index (χ0v) is 9.54. The van der Waals surface area contributed by atoms with E-state index in [0.717, 1.165) is 37.2 Å². The second-order valence-corrected chi connectivity index (χ2v) is 4.87. The van der Waals surface area contributed by atoms with Crippen LogP contribution in [0.2, 0.25) is 0 Å². The Labute approximate surface area is 96.2 Å².